The monoisotopic (exact) mass is 493 g/mol. The van der Waals surface area contributed by atoms with Crippen LogP contribution in [-0.2, 0) is 17.6 Å². The highest BCUT2D eigenvalue weighted by Crippen LogP contribution is 2.40. The summed E-state index contributed by atoms with van der Waals surface area (Å²) < 4.78 is 6.21. The van der Waals surface area contributed by atoms with Crippen molar-refractivity contribution in [3.05, 3.63) is 45.0 Å². The molecule has 0 aliphatic rings. The van der Waals surface area contributed by atoms with Gasteiger partial charge < -0.3 is 14.7 Å². The Hall–Kier alpha value is -1.59. The fourth-order valence-electron chi connectivity index (χ4n) is 3.48. The van der Waals surface area contributed by atoms with Gasteiger partial charge in [-0.1, -0.05) is 30.2 Å². The number of hydrogen-bond acceptors (Lipinski definition) is 4. The molecule has 0 aromatic heterocycles. The topological polar surface area (TPSA) is 49.8 Å². The minimum atomic E-state index is 0.108. The zero-order chi connectivity index (χ0) is 23.6. The Kier molecular flexibility index (Phi) is 12.2. The van der Waals surface area contributed by atoms with Gasteiger partial charge in [0.2, 0.25) is 0 Å². The normalized spacial score (nSPS) is 12.7. The number of carbonyl (C=O) groups is 1. The molecule has 1 rings (SSSR count). The van der Waals surface area contributed by atoms with Gasteiger partial charge in [-0.2, -0.15) is 0 Å². The zero-order valence-electron chi connectivity index (χ0n) is 20.3. The van der Waals surface area contributed by atoms with Crippen LogP contribution in [0, 0.1) is 5.92 Å². The van der Waals surface area contributed by atoms with Gasteiger partial charge in [0.1, 0.15) is 5.78 Å². The van der Waals surface area contributed by atoms with Gasteiger partial charge in [-0.15, -0.1) is 0 Å². The summed E-state index contributed by atoms with van der Waals surface area (Å²) >= 11 is 3.64. The van der Waals surface area contributed by atoms with Crippen LogP contribution in [0.25, 0.3) is 0 Å². The summed E-state index contributed by atoms with van der Waals surface area (Å²) in [5, 5.41) is 10.4. The number of rotatable bonds is 13. The van der Waals surface area contributed by atoms with Crippen molar-refractivity contribution < 1.29 is 14.6 Å². The molecule has 0 saturated carbocycles. The number of allylic oxidation sites excluding steroid dienone is 4. The maximum atomic E-state index is 12.2. The van der Waals surface area contributed by atoms with Gasteiger partial charge >= 0.3 is 0 Å². The maximum Gasteiger partial charge on any atom is 0.174 e. The first-order chi connectivity index (χ1) is 14.6. The molecule has 0 amide bonds. The lowest BCUT2D eigenvalue weighted by Crippen LogP contribution is -2.16. The highest BCUT2D eigenvalue weighted by Gasteiger charge is 2.17. The standard InChI is InChI=1S/C26H40BrNO3/c1-18(2)12-13-23(29)20(4)11-9-8-10-19(3)16-21-17-24(30)26(31-7)25(27)22(21)14-15-28(5)6/h10,12,17,20,30H,8-9,11,13-16H2,1-7H3. The summed E-state index contributed by atoms with van der Waals surface area (Å²) in [6.07, 6.45) is 9.36. The molecule has 4 nitrogen and oxygen atoms in total. The first-order valence-electron chi connectivity index (χ1n) is 11.1. The molecule has 1 aromatic carbocycles. The number of unbranched alkanes of at least 4 members (excludes halogenated alkanes) is 1. The van der Waals surface area contributed by atoms with Crippen molar-refractivity contribution in [2.75, 3.05) is 27.7 Å². The molecule has 1 atom stereocenters. The highest BCUT2D eigenvalue weighted by molar-refractivity contribution is 9.10. The number of aromatic hydroxyl groups is 1. The van der Waals surface area contributed by atoms with Crippen molar-refractivity contribution in [1.29, 1.82) is 0 Å². The minimum Gasteiger partial charge on any atom is -0.504 e. The van der Waals surface area contributed by atoms with Crippen LogP contribution in [0.15, 0.2) is 33.8 Å². The number of ether oxygens (including phenoxy) is 1. The summed E-state index contributed by atoms with van der Waals surface area (Å²) in [6.45, 7) is 9.14. The number of Topliss-reactive ketones (excluding diaryl/α,β-unsaturated/α-hetero) is 1. The van der Waals surface area contributed by atoms with E-state index in [0.717, 1.165) is 48.7 Å². The van der Waals surface area contributed by atoms with Gasteiger partial charge in [-0.05, 0) is 100 Å². The van der Waals surface area contributed by atoms with Crippen molar-refractivity contribution >= 4 is 21.7 Å². The smallest absolute Gasteiger partial charge is 0.174 e. The van der Waals surface area contributed by atoms with Crippen molar-refractivity contribution in [3.63, 3.8) is 0 Å². The number of likely N-dealkylation sites (N-methyl/N-ethyl adjacent to an activating group) is 1. The molecule has 0 radical (unpaired) electrons. The first kappa shape index (κ1) is 27.4. The van der Waals surface area contributed by atoms with E-state index in [9.17, 15) is 9.90 Å². The molecule has 0 saturated heterocycles. The molecule has 5 heteroatoms. The van der Waals surface area contributed by atoms with Crippen LogP contribution in [0.4, 0.5) is 0 Å². The second-order valence-corrected chi connectivity index (χ2v) is 9.74. The van der Waals surface area contributed by atoms with E-state index in [1.54, 1.807) is 7.11 Å². The molecule has 174 valence electrons. The Morgan fingerprint density at radius 3 is 2.52 bits per heavy atom. The summed E-state index contributed by atoms with van der Waals surface area (Å²) in [5.41, 5.74) is 4.76. The van der Waals surface area contributed by atoms with E-state index >= 15 is 0 Å². The predicted molar refractivity (Wildman–Crippen MR) is 134 cm³/mol. The van der Waals surface area contributed by atoms with Crippen molar-refractivity contribution in [1.82, 2.24) is 4.90 Å². The predicted octanol–water partition coefficient (Wildman–Crippen LogP) is 6.49. The van der Waals surface area contributed by atoms with Crippen molar-refractivity contribution in [2.45, 2.75) is 66.2 Å². The molecule has 0 spiro atoms. The molecule has 0 aliphatic carbocycles. The molecule has 1 aromatic rings. The number of halogens is 1. The van der Waals surface area contributed by atoms with Gasteiger partial charge in [0, 0.05) is 18.9 Å². The Bertz CT molecular complexity index is 792. The lowest BCUT2D eigenvalue weighted by Gasteiger charge is -2.18. The number of benzene rings is 1. The molecule has 0 aliphatic heterocycles. The average Bonchev–Trinajstić information content (AvgIpc) is 2.68. The maximum absolute atomic E-state index is 12.2. The van der Waals surface area contributed by atoms with E-state index in [0.29, 0.717) is 18.0 Å². The molecule has 0 bridgehead atoms. The summed E-state index contributed by atoms with van der Waals surface area (Å²) in [5.74, 6) is 1.09. The number of ketones is 1. The van der Waals surface area contributed by atoms with Crippen LogP contribution in [0.1, 0.15) is 64.5 Å². The minimum absolute atomic E-state index is 0.108. The molecule has 1 N–H and O–H groups in total. The molecule has 0 heterocycles. The lowest BCUT2D eigenvalue weighted by molar-refractivity contribution is -0.121. The summed E-state index contributed by atoms with van der Waals surface area (Å²) in [6, 6.07) is 1.83. The lowest BCUT2D eigenvalue weighted by atomic mass is 9.95. The van der Waals surface area contributed by atoms with Crippen LogP contribution >= 0.6 is 15.9 Å². The number of hydrogen-bond donors (Lipinski definition) is 1. The SMILES string of the molecule is COc1c(O)cc(CC(C)=CCCCC(C)C(=O)CC=C(C)C)c(CCN(C)C)c1Br. The van der Waals surface area contributed by atoms with Crippen LogP contribution in [0.5, 0.6) is 11.5 Å². The number of carbonyl (C=O) groups excluding carboxylic acids is 1. The Balaban J connectivity index is 2.77. The third-order valence-electron chi connectivity index (χ3n) is 5.47. The number of methoxy groups -OCH3 is 1. The molecular weight excluding hydrogens is 454 g/mol. The number of nitrogens with zero attached hydrogens (tertiary/aromatic N) is 1. The van der Waals surface area contributed by atoms with E-state index in [2.05, 4.69) is 47.9 Å². The zero-order valence-corrected chi connectivity index (χ0v) is 21.9. The first-order valence-corrected chi connectivity index (χ1v) is 11.9. The second-order valence-electron chi connectivity index (χ2n) is 8.94. The largest absolute Gasteiger partial charge is 0.504 e. The van der Waals surface area contributed by atoms with Crippen LogP contribution in [0.3, 0.4) is 0 Å². The van der Waals surface area contributed by atoms with Crippen LogP contribution in [-0.4, -0.2) is 43.5 Å². The quantitative estimate of drug-likeness (QED) is 0.252. The van der Waals surface area contributed by atoms with E-state index in [1.807, 2.05) is 32.9 Å². The molecule has 31 heavy (non-hydrogen) atoms. The van der Waals surface area contributed by atoms with E-state index in [4.69, 9.17) is 4.74 Å². The van der Waals surface area contributed by atoms with E-state index in [1.165, 1.54) is 16.7 Å². The average molecular weight is 495 g/mol. The van der Waals surface area contributed by atoms with Crippen LogP contribution in [0.2, 0.25) is 0 Å². The van der Waals surface area contributed by atoms with Gasteiger partial charge in [-0.25, -0.2) is 0 Å². The van der Waals surface area contributed by atoms with E-state index in [-0.39, 0.29) is 11.7 Å². The van der Waals surface area contributed by atoms with Crippen molar-refractivity contribution in [3.8, 4) is 11.5 Å². The highest BCUT2D eigenvalue weighted by atomic mass is 79.9. The number of phenols is 1. The summed E-state index contributed by atoms with van der Waals surface area (Å²) in [7, 11) is 5.69. The van der Waals surface area contributed by atoms with E-state index < -0.39 is 0 Å². The Morgan fingerprint density at radius 1 is 1.26 bits per heavy atom. The fraction of sp³-hybridized carbons (Fsp3) is 0.577. The third kappa shape index (κ3) is 9.61. The molecule has 0 fully saturated rings. The Labute approximate surface area is 197 Å². The Morgan fingerprint density at radius 2 is 1.94 bits per heavy atom. The van der Waals surface area contributed by atoms with Crippen molar-refractivity contribution in [2.24, 2.45) is 5.92 Å². The van der Waals surface area contributed by atoms with Gasteiger partial charge in [0.25, 0.3) is 0 Å². The molecular formula is C26H40BrNO3. The third-order valence-corrected chi connectivity index (χ3v) is 6.31. The molecule has 1 unspecified atom stereocenters. The van der Waals surface area contributed by atoms with Crippen LogP contribution < -0.4 is 4.74 Å². The van der Waals surface area contributed by atoms with Gasteiger partial charge in [0.15, 0.2) is 11.5 Å². The van der Waals surface area contributed by atoms with Gasteiger partial charge in [0.05, 0.1) is 11.6 Å². The van der Waals surface area contributed by atoms with Gasteiger partial charge in [-0.3, -0.25) is 4.79 Å². The fourth-order valence-corrected chi connectivity index (χ4v) is 4.30. The second kappa shape index (κ2) is 13.7. The summed E-state index contributed by atoms with van der Waals surface area (Å²) in [4.78, 5) is 14.3. The number of phenolic OH excluding ortho intramolecular Hbond substituents is 1.